The molecule has 1 aromatic carbocycles. The van der Waals surface area contributed by atoms with Crippen molar-refractivity contribution < 1.29 is 37.0 Å². The molecule has 4 rings (SSSR count). The zero-order valence-corrected chi connectivity index (χ0v) is 19.5. The van der Waals surface area contributed by atoms with Crippen LogP contribution >= 0.6 is 0 Å². The second kappa shape index (κ2) is 10.5. The van der Waals surface area contributed by atoms with Crippen molar-refractivity contribution in [1.82, 2.24) is 24.6 Å². The Morgan fingerprint density at radius 2 is 2.03 bits per heavy atom. The first-order valence-corrected chi connectivity index (χ1v) is 11.1. The van der Waals surface area contributed by atoms with Gasteiger partial charge < -0.3 is 24.6 Å². The number of carbonyl (C=O) groups is 2. The van der Waals surface area contributed by atoms with Crippen LogP contribution in [0.2, 0.25) is 0 Å². The monoisotopic (exact) mass is 522 g/mol. The van der Waals surface area contributed by atoms with Crippen molar-refractivity contribution in [2.45, 2.75) is 32.1 Å². The van der Waals surface area contributed by atoms with Crippen molar-refractivity contribution in [3.63, 3.8) is 0 Å². The molecule has 196 valence electrons. The molecule has 1 atom stereocenters. The van der Waals surface area contributed by atoms with Gasteiger partial charge in [-0.3, -0.25) is 4.79 Å². The maximum atomic E-state index is 14.8. The van der Waals surface area contributed by atoms with E-state index in [4.69, 9.17) is 0 Å². The Morgan fingerprint density at radius 1 is 1.24 bits per heavy atom. The molecule has 10 nitrogen and oxygen atoms in total. The van der Waals surface area contributed by atoms with Crippen molar-refractivity contribution in [3.05, 3.63) is 59.2 Å². The molecule has 2 N–H and O–H groups in total. The first-order valence-electron chi connectivity index (χ1n) is 11.1. The molecule has 0 saturated heterocycles. The number of nitrogens with zero attached hydrogens (tertiary/aromatic N) is 5. The number of pyridine rings is 1. The fraction of sp³-hybridized carbons (Fsp3) is 0.348. The molecule has 0 spiro atoms. The van der Waals surface area contributed by atoms with E-state index in [0.29, 0.717) is 22.6 Å². The summed E-state index contributed by atoms with van der Waals surface area (Å²) < 4.78 is 57.7. The Balaban J connectivity index is 1.51. The SMILES string of the molecule is CC(CO)n1cnnc1-c1cccc(NC(=O)c2cc3c(cc2F)CCN(C(=O)OCC(F)(F)F)C3)n1. The number of nitrogens with one attached hydrogen (secondary N) is 1. The number of carbonyl (C=O) groups excluding carboxylic acids is 2. The first-order chi connectivity index (χ1) is 17.6. The molecular formula is C23H22F4N6O4. The lowest BCUT2D eigenvalue weighted by Gasteiger charge is -2.28. The van der Waals surface area contributed by atoms with Crippen molar-refractivity contribution in [2.75, 3.05) is 25.1 Å². The van der Waals surface area contributed by atoms with E-state index in [0.717, 1.165) is 4.90 Å². The molecular weight excluding hydrogens is 500 g/mol. The van der Waals surface area contributed by atoms with Crippen LogP contribution < -0.4 is 5.32 Å². The van der Waals surface area contributed by atoms with E-state index >= 15 is 0 Å². The minimum absolute atomic E-state index is 0.0465. The average molecular weight is 522 g/mol. The van der Waals surface area contributed by atoms with Crippen LogP contribution in [0.25, 0.3) is 11.5 Å². The van der Waals surface area contributed by atoms with Crippen LogP contribution in [0, 0.1) is 5.82 Å². The number of fused-ring (bicyclic) bond motifs is 1. The number of benzene rings is 1. The molecule has 37 heavy (non-hydrogen) atoms. The van der Waals surface area contributed by atoms with Gasteiger partial charge in [0.15, 0.2) is 12.4 Å². The third-order valence-electron chi connectivity index (χ3n) is 5.70. The highest BCUT2D eigenvalue weighted by atomic mass is 19.4. The number of hydrogen-bond acceptors (Lipinski definition) is 7. The van der Waals surface area contributed by atoms with Crippen LogP contribution in [0.15, 0.2) is 36.7 Å². The zero-order valence-electron chi connectivity index (χ0n) is 19.5. The summed E-state index contributed by atoms with van der Waals surface area (Å²) in [7, 11) is 0. The van der Waals surface area contributed by atoms with E-state index in [-0.39, 0.29) is 43.5 Å². The van der Waals surface area contributed by atoms with Gasteiger partial charge >= 0.3 is 12.3 Å². The van der Waals surface area contributed by atoms with Crippen LogP contribution in [-0.4, -0.2) is 67.7 Å². The first kappa shape index (κ1) is 26.0. The van der Waals surface area contributed by atoms with Gasteiger partial charge in [0.1, 0.15) is 23.7 Å². The third kappa shape index (κ3) is 6.02. The van der Waals surface area contributed by atoms with Crippen LogP contribution in [-0.2, 0) is 17.7 Å². The van der Waals surface area contributed by atoms with Gasteiger partial charge in [0, 0.05) is 13.1 Å². The number of anilines is 1. The Morgan fingerprint density at radius 3 is 2.76 bits per heavy atom. The van der Waals surface area contributed by atoms with Gasteiger partial charge in [0.2, 0.25) is 0 Å². The molecule has 0 radical (unpaired) electrons. The number of ether oxygens (including phenoxy) is 1. The van der Waals surface area contributed by atoms with Crippen molar-refractivity contribution in [1.29, 1.82) is 0 Å². The normalized spacial score (nSPS) is 14.2. The Labute approximate surface area is 207 Å². The van der Waals surface area contributed by atoms with Crippen LogP contribution in [0.4, 0.5) is 28.2 Å². The van der Waals surface area contributed by atoms with Crippen LogP contribution in [0.5, 0.6) is 0 Å². The van der Waals surface area contributed by atoms with Crippen molar-refractivity contribution in [3.8, 4) is 11.5 Å². The smallest absolute Gasteiger partial charge is 0.422 e. The lowest BCUT2D eigenvalue weighted by atomic mass is 9.97. The largest absolute Gasteiger partial charge is 0.440 e. The zero-order chi connectivity index (χ0) is 26.7. The minimum atomic E-state index is -4.66. The number of halogens is 4. The maximum absolute atomic E-state index is 14.8. The number of aromatic nitrogens is 4. The number of amides is 2. The fourth-order valence-electron chi connectivity index (χ4n) is 3.79. The van der Waals surface area contributed by atoms with E-state index in [1.54, 1.807) is 23.6 Å². The molecule has 1 unspecified atom stereocenters. The predicted molar refractivity (Wildman–Crippen MR) is 121 cm³/mol. The molecule has 1 aliphatic heterocycles. The van der Waals surface area contributed by atoms with Gasteiger partial charge in [-0.05, 0) is 48.7 Å². The third-order valence-corrected chi connectivity index (χ3v) is 5.70. The van der Waals surface area contributed by atoms with E-state index in [9.17, 15) is 32.3 Å². The fourth-order valence-corrected chi connectivity index (χ4v) is 3.79. The Bertz CT molecular complexity index is 1310. The summed E-state index contributed by atoms with van der Waals surface area (Å²) in [5.74, 6) is -1.15. The van der Waals surface area contributed by atoms with Gasteiger partial charge in [-0.2, -0.15) is 13.2 Å². The molecule has 3 aromatic rings. The number of rotatable bonds is 6. The number of hydrogen-bond donors (Lipinski definition) is 2. The predicted octanol–water partition coefficient (Wildman–Crippen LogP) is 3.34. The summed E-state index contributed by atoms with van der Waals surface area (Å²) in [5, 5.41) is 19.8. The topological polar surface area (TPSA) is 122 Å². The Kier molecular flexibility index (Phi) is 7.38. The average Bonchev–Trinajstić information content (AvgIpc) is 3.36. The lowest BCUT2D eigenvalue weighted by Crippen LogP contribution is -2.38. The minimum Gasteiger partial charge on any atom is -0.440 e. The summed E-state index contributed by atoms with van der Waals surface area (Å²) >= 11 is 0. The van der Waals surface area contributed by atoms with Crippen molar-refractivity contribution in [2.24, 2.45) is 0 Å². The molecule has 0 saturated carbocycles. The van der Waals surface area contributed by atoms with Gasteiger partial charge in [0.05, 0.1) is 18.2 Å². The molecule has 0 aliphatic carbocycles. The summed E-state index contributed by atoms with van der Waals surface area (Å²) in [4.78, 5) is 30.3. The highest BCUT2D eigenvalue weighted by molar-refractivity contribution is 6.04. The summed E-state index contributed by atoms with van der Waals surface area (Å²) in [6.45, 7) is -0.206. The van der Waals surface area contributed by atoms with Crippen molar-refractivity contribution >= 4 is 17.8 Å². The van der Waals surface area contributed by atoms with E-state index in [2.05, 4.69) is 25.2 Å². The van der Waals surface area contributed by atoms with Crippen LogP contribution in [0.1, 0.15) is 34.5 Å². The standard InChI is InChI=1S/C23H22F4N6O4/c1-13(10-34)33-12-28-31-20(33)18-3-2-4-19(29-18)30-21(35)16-7-15-9-32(6-5-14(15)8-17(16)24)22(36)37-11-23(25,26)27/h2-4,7-8,12-13,34H,5-6,9-11H2,1H3,(H,29,30,35). The van der Waals surface area contributed by atoms with E-state index < -0.39 is 30.6 Å². The maximum Gasteiger partial charge on any atom is 0.422 e. The highest BCUT2D eigenvalue weighted by Crippen LogP contribution is 2.25. The Hall–Kier alpha value is -4.07. The summed E-state index contributed by atoms with van der Waals surface area (Å²) in [6, 6.07) is 6.84. The molecule has 2 amide bonds. The summed E-state index contributed by atoms with van der Waals surface area (Å²) in [6.07, 6.45) is -4.18. The lowest BCUT2D eigenvalue weighted by molar-refractivity contribution is -0.162. The molecule has 3 heterocycles. The second-order valence-electron chi connectivity index (χ2n) is 8.40. The highest BCUT2D eigenvalue weighted by Gasteiger charge is 2.32. The molecule has 1 aliphatic rings. The van der Waals surface area contributed by atoms with Crippen LogP contribution in [0.3, 0.4) is 0 Å². The van der Waals surface area contributed by atoms with Gasteiger partial charge in [-0.1, -0.05) is 6.07 Å². The second-order valence-corrected chi connectivity index (χ2v) is 8.40. The van der Waals surface area contributed by atoms with Gasteiger partial charge in [0.25, 0.3) is 5.91 Å². The number of aliphatic hydroxyl groups is 1. The van der Waals surface area contributed by atoms with E-state index in [1.165, 1.54) is 24.5 Å². The quantitative estimate of drug-likeness (QED) is 0.476. The summed E-state index contributed by atoms with van der Waals surface area (Å²) in [5.41, 5.74) is 0.976. The molecule has 2 aromatic heterocycles. The van der Waals surface area contributed by atoms with Gasteiger partial charge in [-0.15, -0.1) is 10.2 Å². The molecule has 0 fully saturated rings. The van der Waals surface area contributed by atoms with E-state index in [1.807, 2.05) is 0 Å². The molecule has 14 heteroatoms. The molecule has 0 bridgehead atoms. The number of aliphatic hydroxyl groups excluding tert-OH is 1. The number of alkyl halides is 3. The van der Waals surface area contributed by atoms with Gasteiger partial charge in [-0.25, -0.2) is 14.2 Å².